The Balaban J connectivity index is 1.20. The Bertz CT molecular complexity index is 1370. The summed E-state index contributed by atoms with van der Waals surface area (Å²) < 4.78 is 0. The summed E-state index contributed by atoms with van der Waals surface area (Å²) in [5.41, 5.74) is 4.67. The van der Waals surface area contributed by atoms with Gasteiger partial charge in [-0.1, -0.05) is 36.4 Å². The molecule has 1 aliphatic carbocycles. The lowest BCUT2D eigenvalue weighted by molar-refractivity contribution is -0.119. The highest BCUT2D eigenvalue weighted by molar-refractivity contribution is 7.14. The molecule has 1 fully saturated rings. The van der Waals surface area contributed by atoms with E-state index in [0.717, 1.165) is 53.5 Å². The largest absolute Gasteiger partial charge is 0.312 e. The number of hydrogen-bond acceptors (Lipinski definition) is 4. The Labute approximate surface area is 189 Å². The summed E-state index contributed by atoms with van der Waals surface area (Å²) in [4.78, 5) is 31.8. The monoisotopic (exact) mass is 439 g/mol. The van der Waals surface area contributed by atoms with Gasteiger partial charge in [-0.2, -0.15) is 0 Å². The highest BCUT2D eigenvalue weighted by Gasteiger charge is 2.36. The van der Waals surface area contributed by atoms with Gasteiger partial charge in [-0.05, 0) is 59.9 Å². The van der Waals surface area contributed by atoms with Crippen molar-refractivity contribution >= 4 is 44.7 Å². The van der Waals surface area contributed by atoms with E-state index in [4.69, 9.17) is 0 Å². The lowest BCUT2D eigenvalue weighted by Gasteiger charge is -2.17. The van der Waals surface area contributed by atoms with E-state index < -0.39 is 0 Å². The van der Waals surface area contributed by atoms with Crippen molar-refractivity contribution in [2.45, 2.75) is 19.3 Å². The zero-order chi connectivity index (χ0) is 21.7. The highest BCUT2D eigenvalue weighted by atomic mass is 32.1. The van der Waals surface area contributed by atoms with E-state index in [-0.39, 0.29) is 17.7 Å². The molecule has 1 aliphatic heterocycles. The van der Waals surface area contributed by atoms with Crippen LogP contribution in [0.25, 0.3) is 22.0 Å². The van der Waals surface area contributed by atoms with Crippen LogP contribution in [0.3, 0.4) is 0 Å². The van der Waals surface area contributed by atoms with Gasteiger partial charge in [0.1, 0.15) is 0 Å². The molecule has 0 radical (unpaired) electrons. The topological polar surface area (TPSA) is 62.3 Å². The average Bonchev–Trinajstić information content (AvgIpc) is 3.43. The minimum absolute atomic E-state index is 0.167. The summed E-state index contributed by atoms with van der Waals surface area (Å²) in [6.45, 7) is 0.762. The molecule has 0 spiro atoms. The van der Waals surface area contributed by atoms with Crippen molar-refractivity contribution in [2.24, 2.45) is 5.92 Å². The number of carbonyl (C=O) groups excluding carboxylic acids is 2. The summed E-state index contributed by atoms with van der Waals surface area (Å²) in [6.07, 6.45) is 2.92. The molecule has 2 heterocycles. The molecule has 3 aromatic carbocycles. The first-order valence-electron chi connectivity index (χ1n) is 10.9. The maximum absolute atomic E-state index is 12.7. The Hall–Kier alpha value is -3.51. The van der Waals surface area contributed by atoms with Crippen LogP contribution in [-0.2, 0) is 11.2 Å². The fraction of sp³-hybridized carbons (Fsp3) is 0.192. The number of anilines is 2. The van der Waals surface area contributed by atoms with Crippen LogP contribution in [0.2, 0.25) is 0 Å². The predicted molar refractivity (Wildman–Crippen MR) is 128 cm³/mol. The molecule has 4 aromatic rings. The van der Waals surface area contributed by atoms with Gasteiger partial charge in [0.15, 0.2) is 5.13 Å². The molecule has 0 unspecified atom stereocenters. The van der Waals surface area contributed by atoms with Gasteiger partial charge in [-0.25, -0.2) is 4.98 Å². The van der Waals surface area contributed by atoms with Crippen LogP contribution in [0, 0.1) is 5.92 Å². The summed E-state index contributed by atoms with van der Waals surface area (Å²) in [5, 5.41) is 7.59. The number of fused-ring (bicyclic) bond motifs is 2. The van der Waals surface area contributed by atoms with E-state index in [1.165, 1.54) is 16.9 Å². The fourth-order valence-electron chi connectivity index (χ4n) is 4.30. The van der Waals surface area contributed by atoms with E-state index in [1.54, 1.807) is 0 Å². The maximum atomic E-state index is 12.7. The summed E-state index contributed by atoms with van der Waals surface area (Å²) >= 11 is 1.41. The Kier molecular flexibility index (Phi) is 4.54. The summed E-state index contributed by atoms with van der Waals surface area (Å²) in [6, 6.07) is 19.8. The van der Waals surface area contributed by atoms with Gasteiger partial charge in [0, 0.05) is 34.7 Å². The number of hydrogen-bond donors (Lipinski definition) is 1. The molecule has 32 heavy (non-hydrogen) atoms. The third-order valence-electron chi connectivity index (χ3n) is 6.20. The van der Waals surface area contributed by atoms with Gasteiger partial charge in [0.25, 0.3) is 5.91 Å². The summed E-state index contributed by atoms with van der Waals surface area (Å²) in [7, 11) is 0. The molecule has 1 saturated carbocycles. The minimum Gasteiger partial charge on any atom is -0.312 e. The smallest absolute Gasteiger partial charge is 0.257 e. The number of nitrogens with zero attached hydrogens (tertiary/aromatic N) is 2. The molecule has 1 N–H and O–H groups in total. The Morgan fingerprint density at radius 2 is 1.84 bits per heavy atom. The first kappa shape index (κ1) is 19.2. The van der Waals surface area contributed by atoms with Crippen LogP contribution in [0.1, 0.15) is 28.8 Å². The van der Waals surface area contributed by atoms with E-state index in [0.29, 0.717) is 10.7 Å². The molecule has 0 atom stereocenters. The van der Waals surface area contributed by atoms with Crippen LogP contribution in [0.4, 0.5) is 10.8 Å². The maximum Gasteiger partial charge on any atom is 0.257 e. The molecule has 6 rings (SSSR count). The van der Waals surface area contributed by atoms with Crippen LogP contribution < -0.4 is 10.2 Å². The van der Waals surface area contributed by atoms with Gasteiger partial charge in [-0.3, -0.25) is 14.9 Å². The van der Waals surface area contributed by atoms with E-state index in [9.17, 15) is 9.59 Å². The first-order valence-corrected chi connectivity index (χ1v) is 11.7. The number of aromatic nitrogens is 1. The molecule has 0 saturated heterocycles. The lowest BCUT2D eigenvalue weighted by Crippen LogP contribution is -2.30. The number of thiazole rings is 1. The van der Waals surface area contributed by atoms with Crippen molar-refractivity contribution in [3.63, 3.8) is 0 Å². The van der Waals surface area contributed by atoms with Gasteiger partial charge in [-0.15, -0.1) is 11.3 Å². The quantitative estimate of drug-likeness (QED) is 0.456. The zero-order valence-electron chi connectivity index (χ0n) is 17.4. The van der Waals surface area contributed by atoms with Gasteiger partial charge in [0.2, 0.25) is 5.91 Å². The Morgan fingerprint density at radius 3 is 2.69 bits per heavy atom. The van der Waals surface area contributed by atoms with E-state index >= 15 is 0 Å². The molecular weight excluding hydrogens is 418 g/mol. The second-order valence-electron chi connectivity index (χ2n) is 8.41. The molecule has 1 aromatic heterocycles. The SMILES string of the molecule is O=C(Nc1nc(-c2ccc3c(c2)CCN3C(=O)C2CC2)cs1)c1ccc2ccccc2c1. The van der Waals surface area contributed by atoms with Crippen LogP contribution >= 0.6 is 11.3 Å². The minimum atomic E-state index is -0.167. The second-order valence-corrected chi connectivity index (χ2v) is 9.27. The number of nitrogens with one attached hydrogen (secondary N) is 1. The van der Waals surface area contributed by atoms with Crippen molar-refractivity contribution in [3.05, 3.63) is 77.2 Å². The standard InChI is InChI=1S/C26H21N3O2S/c30-24(21-8-5-16-3-1-2-4-18(16)13-21)28-26-27-22(15-32-26)19-9-10-23-20(14-19)11-12-29(23)25(31)17-6-7-17/h1-5,8-10,13-15,17H,6-7,11-12H2,(H,27,28,30). The fourth-order valence-corrected chi connectivity index (χ4v) is 5.02. The van der Waals surface area contributed by atoms with Crippen LogP contribution in [0.15, 0.2) is 66.0 Å². The summed E-state index contributed by atoms with van der Waals surface area (Å²) in [5.74, 6) is 0.330. The first-order chi connectivity index (χ1) is 15.7. The molecule has 0 bridgehead atoms. The molecule has 5 nitrogen and oxygen atoms in total. The highest BCUT2D eigenvalue weighted by Crippen LogP contribution is 2.38. The number of benzene rings is 3. The second kappa shape index (κ2) is 7.57. The van der Waals surface area contributed by atoms with E-state index in [2.05, 4.69) is 16.4 Å². The third kappa shape index (κ3) is 3.46. The van der Waals surface area contributed by atoms with Crippen LogP contribution in [0.5, 0.6) is 0 Å². The van der Waals surface area contributed by atoms with Gasteiger partial charge >= 0.3 is 0 Å². The normalized spacial score (nSPS) is 15.1. The lowest BCUT2D eigenvalue weighted by atomic mass is 10.1. The predicted octanol–water partition coefficient (Wildman–Crippen LogP) is 5.51. The molecule has 158 valence electrons. The molecule has 2 amide bonds. The number of amides is 2. The van der Waals surface area contributed by atoms with Gasteiger partial charge < -0.3 is 4.90 Å². The third-order valence-corrected chi connectivity index (χ3v) is 6.96. The van der Waals surface area contributed by atoms with Crippen molar-refractivity contribution in [1.29, 1.82) is 0 Å². The van der Waals surface area contributed by atoms with Crippen molar-refractivity contribution < 1.29 is 9.59 Å². The number of rotatable bonds is 4. The van der Waals surface area contributed by atoms with Crippen molar-refractivity contribution in [3.8, 4) is 11.3 Å². The van der Waals surface area contributed by atoms with E-state index in [1.807, 2.05) is 64.9 Å². The molecule has 2 aliphatic rings. The average molecular weight is 440 g/mol. The molecule has 6 heteroatoms. The van der Waals surface area contributed by atoms with Crippen molar-refractivity contribution in [2.75, 3.05) is 16.8 Å². The van der Waals surface area contributed by atoms with Crippen LogP contribution in [-0.4, -0.2) is 23.3 Å². The number of carbonyl (C=O) groups is 2. The zero-order valence-corrected chi connectivity index (χ0v) is 18.2. The molecular formula is C26H21N3O2S. The Morgan fingerprint density at radius 1 is 1.00 bits per heavy atom. The van der Waals surface area contributed by atoms with Crippen molar-refractivity contribution in [1.82, 2.24) is 4.98 Å². The van der Waals surface area contributed by atoms with Gasteiger partial charge in [0.05, 0.1) is 5.69 Å².